The molecule has 0 heterocycles. The van der Waals surface area contributed by atoms with Gasteiger partial charge in [-0.15, -0.1) is 0 Å². The molecule has 0 aliphatic heterocycles. The van der Waals surface area contributed by atoms with Crippen LogP contribution in [0.1, 0.15) is 44.7 Å². The van der Waals surface area contributed by atoms with Gasteiger partial charge >= 0.3 is 0 Å². The van der Waals surface area contributed by atoms with E-state index in [0.29, 0.717) is 5.56 Å². The minimum atomic E-state index is -0.632. The fourth-order valence-electron chi connectivity index (χ4n) is 2.21. The number of ketones is 1. The molecule has 3 N–H and O–H groups in total. The van der Waals surface area contributed by atoms with E-state index >= 15 is 0 Å². The van der Waals surface area contributed by atoms with Gasteiger partial charge in [0.1, 0.15) is 5.75 Å². The SMILES string of the molecule is Cc1ccc(C(=O)CCC(=O)NNC(=O)c2ccccc2O)cc1C. The Morgan fingerprint density at radius 2 is 1.64 bits per heavy atom. The van der Waals surface area contributed by atoms with Gasteiger partial charge in [-0.1, -0.05) is 24.3 Å². The van der Waals surface area contributed by atoms with Crippen LogP contribution in [0.3, 0.4) is 0 Å². The number of carbonyl (C=O) groups is 3. The first kappa shape index (κ1) is 18.2. The molecule has 2 aromatic rings. The fraction of sp³-hybridized carbons (Fsp3) is 0.211. The van der Waals surface area contributed by atoms with E-state index in [9.17, 15) is 19.5 Å². The molecule has 0 unspecified atom stereocenters. The van der Waals surface area contributed by atoms with Crippen LogP contribution in [0.4, 0.5) is 0 Å². The average molecular weight is 340 g/mol. The van der Waals surface area contributed by atoms with Crippen LogP contribution in [-0.2, 0) is 4.79 Å². The molecule has 0 spiro atoms. The maximum absolute atomic E-state index is 12.1. The largest absolute Gasteiger partial charge is 0.507 e. The number of carbonyl (C=O) groups excluding carboxylic acids is 3. The molecule has 6 heteroatoms. The molecular formula is C19H20N2O4. The summed E-state index contributed by atoms with van der Waals surface area (Å²) >= 11 is 0. The van der Waals surface area contributed by atoms with Crippen molar-refractivity contribution in [2.24, 2.45) is 0 Å². The average Bonchev–Trinajstić information content (AvgIpc) is 2.60. The molecule has 25 heavy (non-hydrogen) atoms. The van der Waals surface area contributed by atoms with Crippen molar-refractivity contribution in [1.29, 1.82) is 0 Å². The van der Waals surface area contributed by atoms with Crippen LogP contribution in [0.5, 0.6) is 5.75 Å². The van der Waals surface area contributed by atoms with Crippen LogP contribution < -0.4 is 10.9 Å². The summed E-state index contributed by atoms with van der Waals surface area (Å²) in [5.74, 6) is -1.43. The first-order chi connectivity index (χ1) is 11.9. The van der Waals surface area contributed by atoms with Crippen LogP contribution in [0.15, 0.2) is 42.5 Å². The molecule has 2 amide bonds. The van der Waals surface area contributed by atoms with Crippen molar-refractivity contribution in [3.8, 4) is 5.75 Å². The highest BCUT2D eigenvalue weighted by Gasteiger charge is 2.13. The number of benzene rings is 2. The zero-order valence-corrected chi connectivity index (χ0v) is 14.1. The highest BCUT2D eigenvalue weighted by Crippen LogP contribution is 2.15. The molecule has 130 valence electrons. The lowest BCUT2D eigenvalue weighted by Crippen LogP contribution is -2.41. The third kappa shape index (κ3) is 4.91. The number of hydrogen-bond acceptors (Lipinski definition) is 4. The van der Waals surface area contributed by atoms with Gasteiger partial charge in [0.25, 0.3) is 5.91 Å². The number of hydrogen-bond donors (Lipinski definition) is 3. The second kappa shape index (κ2) is 8.10. The minimum Gasteiger partial charge on any atom is -0.507 e. The summed E-state index contributed by atoms with van der Waals surface area (Å²) in [5, 5.41) is 9.57. The molecule has 0 saturated heterocycles. The molecule has 2 rings (SSSR count). The quantitative estimate of drug-likeness (QED) is 0.575. The normalized spacial score (nSPS) is 10.2. The van der Waals surface area contributed by atoms with Crippen LogP contribution in [0.2, 0.25) is 0 Å². The first-order valence-corrected chi connectivity index (χ1v) is 7.86. The van der Waals surface area contributed by atoms with Gasteiger partial charge < -0.3 is 5.11 Å². The number of hydrazine groups is 1. The summed E-state index contributed by atoms with van der Waals surface area (Å²) in [5.41, 5.74) is 7.17. The van der Waals surface area contributed by atoms with Gasteiger partial charge in [0.2, 0.25) is 5.91 Å². The van der Waals surface area contributed by atoms with Crippen LogP contribution in [0, 0.1) is 13.8 Å². The number of phenols is 1. The van der Waals surface area contributed by atoms with E-state index in [-0.39, 0.29) is 29.9 Å². The van der Waals surface area contributed by atoms with E-state index < -0.39 is 11.8 Å². The molecule has 0 saturated carbocycles. The number of amides is 2. The summed E-state index contributed by atoms with van der Waals surface area (Å²) in [4.78, 5) is 35.7. The second-order valence-corrected chi connectivity index (χ2v) is 5.74. The van der Waals surface area contributed by atoms with Crippen molar-refractivity contribution in [1.82, 2.24) is 10.9 Å². The maximum Gasteiger partial charge on any atom is 0.273 e. The smallest absolute Gasteiger partial charge is 0.273 e. The van der Waals surface area contributed by atoms with Gasteiger partial charge in [0.15, 0.2) is 5.78 Å². The summed E-state index contributed by atoms with van der Waals surface area (Å²) in [6.45, 7) is 3.89. The van der Waals surface area contributed by atoms with Crippen molar-refractivity contribution >= 4 is 17.6 Å². The van der Waals surface area contributed by atoms with Crippen LogP contribution in [0.25, 0.3) is 0 Å². The second-order valence-electron chi connectivity index (χ2n) is 5.74. The van der Waals surface area contributed by atoms with Crippen molar-refractivity contribution in [3.05, 3.63) is 64.7 Å². The molecule has 0 atom stereocenters. The number of nitrogens with one attached hydrogen (secondary N) is 2. The van der Waals surface area contributed by atoms with Crippen molar-refractivity contribution in [2.75, 3.05) is 0 Å². The summed E-state index contributed by atoms with van der Waals surface area (Å²) in [6.07, 6.45) is -0.00635. The van der Waals surface area contributed by atoms with Gasteiger partial charge in [-0.25, -0.2) is 0 Å². The highest BCUT2D eigenvalue weighted by molar-refractivity contribution is 5.99. The first-order valence-electron chi connectivity index (χ1n) is 7.86. The zero-order chi connectivity index (χ0) is 18.4. The van der Waals surface area contributed by atoms with Crippen molar-refractivity contribution < 1.29 is 19.5 Å². The summed E-state index contributed by atoms with van der Waals surface area (Å²) < 4.78 is 0. The topological polar surface area (TPSA) is 95.5 Å². The Morgan fingerprint density at radius 1 is 0.920 bits per heavy atom. The fourth-order valence-corrected chi connectivity index (χ4v) is 2.21. The number of para-hydroxylation sites is 1. The van der Waals surface area contributed by atoms with Crippen molar-refractivity contribution in [3.63, 3.8) is 0 Å². The standard InChI is InChI=1S/C19H20N2O4/c1-12-7-8-14(11-13(12)2)16(22)9-10-18(24)20-21-19(25)15-5-3-4-6-17(15)23/h3-8,11,23H,9-10H2,1-2H3,(H,20,24)(H,21,25). The third-order valence-corrected chi connectivity index (χ3v) is 3.87. The Balaban J connectivity index is 1.82. The van der Waals surface area contributed by atoms with E-state index in [1.807, 2.05) is 19.9 Å². The number of phenolic OH excluding ortho intramolecular Hbond substituents is 1. The molecule has 0 aromatic heterocycles. The molecule has 6 nitrogen and oxygen atoms in total. The van der Waals surface area contributed by atoms with Gasteiger partial charge in [-0.2, -0.15) is 0 Å². The van der Waals surface area contributed by atoms with E-state index in [4.69, 9.17) is 0 Å². The van der Waals surface area contributed by atoms with Crippen LogP contribution in [-0.4, -0.2) is 22.7 Å². The lowest BCUT2D eigenvalue weighted by molar-refractivity contribution is -0.121. The van der Waals surface area contributed by atoms with Gasteiger partial charge in [0.05, 0.1) is 5.56 Å². The Kier molecular flexibility index (Phi) is 5.89. The van der Waals surface area contributed by atoms with Gasteiger partial charge in [-0.05, 0) is 43.2 Å². The van der Waals surface area contributed by atoms with E-state index in [0.717, 1.165) is 11.1 Å². The Morgan fingerprint density at radius 3 is 2.32 bits per heavy atom. The lowest BCUT2D eigenvalue weighted by atomic mass is 10.0. The zero-order valence-electron chi connectivity index (χ0n) is 14.1. The third-order valence-electron chi connectivity index (χ3n) is 3.87. The maximum atomic E-state index is 12.1. The highest BCUT2D eigenvalue weighted by atomic mass is 16.3. The predicted octanol–water partition coefficient (Wildman–Crippen LogP) is 2.43. The Bertz CT molecular complexity index is 815. The minimum absolute atomic E-state index is 0.0425. The molecule has 0 fully saturated rings. The number of Topliss-reactive ketones (excluding diaryl/α,β-unsaturated/α-hetero) is 1. The predicted molar refractivity (Wildman–Crippen MR) is 93.2 cm³/mol. The Labute approximate surface area is 145 Å². The van der Waals surface area contributed by atoms with Gasteiger partial charge in [-0.3, -0.25) is 25.2 Å². The monoisotopic (exact) mass is 340 g/mol. The molecular weight excluding hydrogens is 320 g/mol. The summed E-state index contributed by atoms with van der Waals surface area (Å²) in [6, 6.07) is 11.4. The molecule has 0 aliphatic rings. The van der Waals surface area contributed by atoms with Crippen LogP contribution >= 0.6 is 0 Å². The molecule has 2 aromatic carbocycles. The van der Waals surface area contributed by atoms with E-state index in [1.54, 1.807) is 24.3 Å². The lowest BCUT2D eigenvalue weighted by Gasteiger charge is -2.08. The molecule has 0 radical (unpaired) electrons. The number of rotatable bonds is 5. The molecule has 0 bridgehead atoms. The number of aryl methyl sites for hydroxylation is 2. The summed E-state index contributed by atoms with van der Waals surface area (Å²) in [7, 11) is 0. The van der Waals surface area contributed by atoms with E-state index in [2.05, 4.69) is 10.9 Å². The van der Waals surface area contributed by atoms with Crippen molar-refractivity contribution in [2.45, 2.75) is 26.7 Å². The number of aromatic hydroxyl groups is 1. The molecule has 0 aliphatic carbocycles. The van der Waals surface area contributed by atoms with E-state index in [1.165, 1.54) is 12.1 Å². The Hall–Kier alpha value is -3.15. The van der Waals surface area contributed by atoms with Gasteiger partial charge in [0, 0.05) is 18.4 Å².